The van der Waals surface area contributed by atoms with Crippen molar-refractivity contribution in [3.63, 3.8) is 0 Å². The monoisotopic (exact) mass is 439 g/mol. The highest BCUT2D eigenvalue weighted by molar-refractivity contribution is 8.19. The van der Waals surface area contributed by atoms with E-state index in [0.29, 0.717) is 22.8 Å². The predicted molar refractivity (Wildman–Crippen MR) is 113 cm³/mol. The van der Waals surface area contributed by atoms with Crippen LogP contribution in [0.2, 0.25) is 0 Å². The van der Waals surface area contributed by atoms with Crippen molar-refractivity contribution in [2.75, 3.05) is 34.2 Å². The summed E-state index contributed by atoms with van der Waals surface area (Å²) in [7, 11) is 5.98. The van der Waals surface area contributed by atoms with Gasteiger partial charge in [0, 0.05) is 11.0 Å². The summed E-state index contributed by atoms with van der Waals surface area (Å²) in [5.41, 5.74) is 1.28. The smallest absolute Gasteiger partial charge is 0.319 e. The van der Waals surface area contributed by atoms with Crippen LogP contribution in [0, 0.1) is 10.1 Å². The van der Waals surface area contributed by atoms with Crippen molar-refractivity contribution in [1.29, 1.82) is 0 Å². The quantitative estimate of drug-likeness (QED) is 0.492. The summed E-state index contributed by atoms with van der Waals surface area (Å²) in [4.78, 5) is 11.1. The average molecular weight is 440 g/mol. The zero-order valence-corrected chi connectivity index (χ0v) is 18.0. The van der Waals surface area contributed by atoms with E-state index >= 15 is 0 Å². The third kappa shape index (κ3) is 3.99. The Morgan fingerprint density at radius 1 is 1.03 bits per heavy atom. The van der Waals surface area contributed by atoms with Crippen molar-refractivity contribution in [2.45, 2.75) is 9.83 Å². The van der Waals surface area contributed by atoms with Gasteiger partial charge in [-0.05, 0) is 29.8 Å². The molecule has 0 saturated carbocycles. The normalized spacial score (nSPS) is 18.3. The molecule has 1 saturated heterocycles. The number of benzene rings is 2. The first-order valence-corrected chi connectivity index (χ1v) is 10.6. The molecule has 0 spiro atoms. The lowest BCUT2D eigenvalue weighted by Gasteiger charge is -2.17. The van der Waals surface area contributed by atoms with Gasteiger partial charge in [0.2, 0.25) is 11.5 Å². The van der Waals surface area contributed by atoms with Crippen molar-refractivity contribution >= 4 is 29.2 Å². The van der Waals surface area contributed by atoms with Gasteiger partial charge in [0.05, 0.1) is 43.5 Å². The van der Waals surface area contributed by atoms with Crippen LogP contribution >= 0.6 is 23.5 Å². The number of nitro benzene ring substituents is 1. The second-order valence-corrected chi connectivity index (χ2v) is 8.81. The van der Waals surface area contributed by atoms with E-state index in [1.54, 1.807) is 50.9 Å². The first kappa shape index (κ1) is 21.3. The lowest BCUT2D eigenvalue weighted by atomic mass is 10.1. The first-order chi connectivity index (χ1) is 13.9. The molecule has 156 valence electrons. The lowest BCUT2D eigenvalue weighted by molar-refractivity contribution is -0.386. The van der Waals surface area contributed by atoms with E-state index < -0.39 is 4.92 Å². The molecule has 0 aromatic heterocycles. The number of phenols is 1. The van der Waals surface area contributed by atoms with Crippen molar-refractivity contribution in [3.05, 3.63) is 45.5 Å². The molecule has 2 aromatic rings. The van der Waals surface area contributed by atoms with Crippen LogP contribution < -0.4 is 18.9 Å². The third-order valence-electron chi connectivity index (χ3n) is 4.53. The predicted octanol–water partition coefficient (Wildman–Crippen LogP) is 4.55. The van der Waals surface area contributed by atoms with Gasteiger partial charge in [-0.25, -0.2) is 0 Å². The first-order valence-electron chi connectivity index (χ1n) is 8.56. The summed E-state index contributed by atoms with van der Waals surface area (Å²) in [6, 6.07) is 6.80. The molecular weight excluding hydrogens is 418 g/mol. The third-order valence-corrected chi connectivity index (χ3v) is 7.83. The van der Waals surface area contributed by atoms with Crippen molar-refractivity contribution in [2.24, 2.45) is 0 Å². The van der Waals surface area contributed by atoms with Gasteiger partial charge in [-0.2, -0.15) is 0 Å². The number of rotatable bonds is 7. The molecule has 1 heterocycles. The molecule has 8 nitrogen and oxygen atoms in total. The van der Waals surface area contributed by atoms with Crippen LogP contribution in [0.25, 0.3) is 0 Å². The SMILES string of the molecule is COc1cc([C@H]2CS[C@H](c3ccc(O)c(OC)c3[N+](=O)[O-])S2)cc(OC)c1OC. The number of nitrogens with zero attached hydrogens (tertiary/aromatic N) is 1. The Hall–Kier alpha value is -2.46. The Morgan fingerprint density at radius 2 is 1.66 bits per heavy atom. The highest BCUT2D eigenvalue weighted by Gasteiger charge is 2.36. The molecule has 10 heteroatoms. The van der Waals surface area contributed by atoms with Crippen LogP contribution in [0.5, 0.6) is 28.7 Å². The number of aromatic hydroxyl groups is 1. The molecule has 0 bridgehead atoms. The molecule has 29 heavy (non-hydrogen) atoms. The van der Waals surface area contributed by atoms with Crippen molar-refractivity contribution < 1.29 is 29.0 Å². The van der Waals surface area contributed by atoms with Gasteiger partial charge >= 0.3 is 5.69 Å². The van der Waals surface area contributed by atoms with Crippen LogP contribution in [0.1, 0.15) is 21.0 Å². The molecule has 2 aromatic carbocycles. The Kier molecular flexibility index (Phi) is 6.53. The molecule has 0 aliphatic carbocycles. The van der Waals surface area contributed by atoms with E-state index in [2.05, 4.69) is 0 Å². The summed E-state index contributed by atoms with van der Waals surface area (Å²) < 4.78 is 21.1. The minimum atomic E-state index is -0.512. The molecular formula is C19H21NO7S2. The number of ether oxygens (including phenoxy) is 4. The topological polar surface area (TPSA) is 100 Å². The lowest BCUT2D eigenvalue weighted by Crippen LogP contribution is -2.00. The summed E-state index contributed by atoms with van der Waals surface area (Å²) in [6.07, 6.45) is 0. The number of methoxy groups -OCH3 is 4. The van der Waals surface area contributed by atoms with Gasteiger partial charge in [-0.3, -0.25) is 10.1 Å². The van der Waals surface area contributed by atoms with E-state index in [9.17, 15) is 15.2 Å². The molecule has 0 amide bonds. The molecule has 1 fully saturated rings. The van der Waals surface area contributed by atoms with E-state index in [1.807, 2.05) is 12.1 Å². The van der Waals surface area contributed by atoms with Gasteiger partial charge in [-0.15, -0.1) is 23.5 Å². The zero-order chi connectivity index (χ0) is 21.1. The maximum Gasteiger partial charge on any atom is 0.319 e. The maximum absolute atomic E-state index is 11.6. The summed E-state index contributed by atoms with van der Waals surface area (Å²) in [6.45, 7) is 0. The Morgan fingerprint density at radius 3 is 2.17 bits per heavy atom. The van der Waals surface area contributed by atoms with Gasteiger partial charge in [0.15, 0.2) is 17.2 Å². The number of phenolic OH excluding ortho intramolecular Hbond substituents is 1. The van der Waals surface area contributed by atoms with E-state index in [1.165, 1.54) is 13.2 Å². The summed E-state index contributed by atoms with van der Waals surface area (Å²) >= 11 is 3.20. The number of hydrogen-bond donors (Lipinski definition) is 1. The average Bonchev–Trinajstić information content (AvgIpc) is 3.22. The number of hydrogen-bond acceptors (Lipinski definition) is 9. The maximum atomic E-state index is 11.6. The largest absolute Gasteiger partial charge is 0.504 e. The molecule has 0 unspecified atom stereocenters. The Labute approximate surface area is 176 Å². The van der Waals surface area contributed by atoms with Gasteiger partial charge in [0.25, 0.3) is 0 Å². The Bertz CT molecular complexity index is 897. The molecule has 3 rings (SSSR count). The second-order valence-electron chi connectivity index (χ2n) is 6.06. The molecule has 1 N–H and O–H groups in total. The highest BCUT2D eigenvalue weighted by atomic mass is 32.2. The summed E-state index contributed by atoms with van der Waals surface area (Å²) in [5.74, 6) is 2.02. The van der Waals surface area contributed by atoms with Crippen LogP contribution in [0.4, 0.5) is 5.69 Å². The molecule has 2 atom stereocenters. The van der Waals surface area contributed by atoms with Crippen molar-refractivity contribution in [3.8, 4) is 28.7 Å². The number of thioether (sulfide) groups is 2. The minimum Gasteiger partial charge on any atom is -0.504 e. The van der Waals surface area contributed by atoms with Crippen LogP contribution in [0.3, 0.4) is 0 Å². The Balaban J connectivity index is 1.95. The van der Waals surface area contributed by atoms with Crippen LogP contribution in [-0.4, -0.2) is 44.2 Å². The van der Waals surface area contributed by atoms with E-state index in [4.69, 9.17) is 18.9 Å². The fourth-order valence-corrected chi connectivity index (χ4v) is 6.53. The fourth-order valence-electron chi connectivity index (χ4n) is 3.18. The molecule has 0 radical (unpaired) electrons. The highest BCUT2D eigenvalue weighted by Crippen LogP contribution is 2.59. The van der Waals surface area contributed by atoms with Crippen molar-refractivity contribution in [1.82, 2.24) is 0 Å². The van der Waals surface area contributed by atoms with Gasteiger partial charge < -0.3 is 24.1 Å². The van der Waals surface area contributed by atoms with Crippen LogP contribution in [0.15, 0.2) is 24.3 Å². The fraction of sp³-hybridized carbons (Fsp3) is 0.368. The molecule has 1 aliphatic rings. The minimum absolute atomic E-state index is 0.0677. The zero-order valence-electron chi connectivity index (χ0n) is 16.3. The summed E-state index contributed by atoms with van der Waals surface area (Å²) in [5, 5.41) is 21.6. The van der Waals surface area contributed by atoms with Gasteiger partial charge in [-0.1, -0.05) is 0 Å². The van der Waals surface area contributed by atoms with E-state index in [-0.39, 0.29) is 27.0 Å². The van der Waals surface area contributed by atoms with Gasteiger partial charge in [0.1, 0.15) is 0 Å². The van der Waals surface area contributed by atoms with E-state index in [0.717, 1.165) is 11.3 Å². The molecule has 1 aliphatic heterocycles. The number of nitro groups is 1. The standard InChI is InChI=1S/C19H21NO7S2/c1-24-13-7-10(8-14(25-2)18(13)27-4)15-9-28-19(29-15)11-5-6-12(21)17(26-3)16(11)20(22)23/h5-8,15,19,21H,9H2,1-4H3/t15-,19+/m1/s1. The van der Waals surface area contributed by atoms with Crippen LogP contribution in [-0.2, 0) is 0 Å². The second kappa shape index (κ2) is 8.91.